The molecule has 0 atom stereocenters. The zero-order valence-electron chi connectivity index (χ0n) is 17.6. The molecule has 29 heavy (non-hydrogen) atoms. The van der Waals surface area contributed by atoms with Crippen LogP contribution in [0.1, 0.15) is 54.7 Å². The van der Waals surface area contributed by atoms with Gasteiger partial charge in [-0.2, -0.15) is 0 Å². The number of rotatable bonds is 5. The summed E-state index contributed by atoms with van der Waals surface area (Å²) in [7, 11) is 0. The Balaban J connectivity index is 1.98. The highest BCUT2D eigenvalue weighted by molar-refractivity contribution is 7.99. The fourth-order valence-corrected chi connectivity index (χ4v) is 4.08. The number of aryl methyl sites for hydroxylation is 1. The number of benzene rings is 2. The van der Waals surface area contributed by atoms with Gasteiger partial charge in [-0.1, -0.05) is 52.0 Å². The summed E-state index contributed by atoms with van der Waals surface area (Å²) >= 11 is 1.57. The molecule has 1 heterocycles. The number of hydrogen-bond donors (Lipinski definition) is 1. The van der Waals surface area contributed by atoms with Gasteiger partial charge in [0.25, 0.3) is 5.91 Å². The molecule has 3 rings (SSSR count). The molecule has 0 unspecified atom stereocenters. The van der Waals surface area contributed by atoms with Crippen molar-refractivity contribution in [3.05, 3.63) is 70.5 Å². The number of nitrogens with one attached hydrogen (secondary N) is 1. The van der Waals surface area contributed by atoms with Crippen molar-refractivity contribution in [3.63, 3.8) is 0 Å². The van der Waals surface area contributed by atoms with E-state index in [1.807, 2.05) is 6.92 Å². The van der Waals surface area contributed by atoms with Crippen LogP contribution in [0.4, 0.5) is 4.39 Å². The molecule has 0 spiro atoms. The first-order chi connectivity index (χ1) is 13.7. The third kappa shape index (κ3) is 4.78. The van der Waals surface area contributed by atoms with Gasteiger partial charge in [0, 0.05) is 11.9 Å². The Morgan fingerprint density at radius 2 is 1.83 bits per heavy atom. The number of carbonyl (C=O) groups excluding carboxylic acids is 1. The molecule has 3 nitrogen and oxygen atoms in total. The van der Waals surface area contributed by atoms with E-state index in [1.165, 1.54) is 17.7 Å². The van der Waals surface area contributed by atoms with Crippen LogP contribution < -0.4 is 5.32 Å². The van der Waals surface area contributed by atoms with E-state index >= 15 is 0 Å². The normalized spacial score (nSPS) is 11.7. The Bertz CT molecular complexity index is 1040. The van der Waals surface area contributed by atoms with E-state index in [9.17, 15) is 9.18 Å². The van der Waals surface area contributed by atoms with Crippen LogP contribution in [0.15, 0.2) is 47.5 Å². The van der Waals surface area contributed by atoms with Crippen molar-refractivity contribution in [3.8, 4) is 0 Å². The average Bonchev–Trinajstić information content (AvgIpc) is 2.66. The summed E-state index contributed by atoms with van der Waals surface area (Å²) in [6.07, 6.45) is 0. The SMILES string of the molecule is CCSc1nc2cc(C(C)(C)C)ccc2c(C)c1C(=O)NCc1ccc(F)cc1. The molecule has 0 fully saturated rings. The van der Waals surface area contributed by atoms with E-state index in [4.69, 9.17) is 4.98 Å². The van der Waals surface area contributed by atoms with Gasteiger partial charge >= 0.3 is 0 Å². The molecule has 1 aromatic heterocycles. The van der Waals surface area contributed by atoms with Crippen molar-refractivity contribution >= 4 is 28.6 Å². The van der Waals surface area contributed by atoms with Gasteiger partial charge in [-0.15, -0.1) is 11.8 Å². The number of nitrogens with zero attached hydrogens (tertiary/aromatic N) is 1. The summed E-state index contributed by atoms with van der Waals surface area (Å²) in [5.74, 6) is 0.387. The van der Waals surface area contributed by atoms with E-state index < -0.39 is 0 Å². The highest BCUT2D eigenvalue weighted by Gasteiger charge is 2.21. The summed E-state index contributed by atoms with van der Waals surface area (Å²) in [4.78, 5) is 17.9. The van der Waals surface area contributed by atoms with Crippen LogP contribution in [0.5, 0.6) is 0 Å². The van der Waals surface area contributed by atoms with Crippen molar-refractivity contribution < 1.29 is 9.18 Å². The van der Waals surface area contributed by atoms with Gasteiger partial charge in [-0.3, -0.25) is 4.79 Å². The quantitative estimate of drug-likeness (QED) is 0.523. The molecular weight excluding hydrogens is 383 g/mol. The van der Waals surface area contributed by atoms with Crippen molar-refractivity contribution in [1.29, 1.82) is 0 Å². The lowest BCUT2D eigenvalue weighted by Gasteiger charge is -2.20. The summed E-state index contributed by atoms with van der Waals surface area (Å²) in [6.45, 7) is 10.9. The minimum atomic E-state index is -0.286. The van der Waals surface area contributed by atoms with E-state index in [2.05, 4.69) is 51.2 Å². The van der Waals surface area contributed by atoms with Crippen LogP contribution in [0.25, 0.3) is 10.9 Å². The smallest absolute Gasteiger partial charge is 0.254 e. The van der Waals surface area contributed by atoms with E-state index in [-0.39, 0.29) is 17.1 Å². The Labute approximate surface area is 176 Å². The summed E-state index contributed by atoms with van der Waals surface area (Å²) in [5.41, 5.74) is 4.58. The largest absolute Gasteiger partial charge is 0.348 e. The molecule has 1 N–H and O–H groups in total. The summed E-state index contributed by atoms with van der Waals surface area (Å²) in [5, 5.41) is 4.70. The lowest BCUT2D eigenvalue weighted by molar-refractivity contribution is 0.0947. The third-order valence-electron chi connectivity index (χ3n) is 4.95. The van der Waals surface area contributed by atoms with Gasteiger partial charge in [-0.05, 0) is 53.0 Å². The minimum Gasteiger partial charge on any atom is -0.348 e. The van der Waals surface area contributed by atoms with Crippen LogP contribution in [0, 0.1) is 12.7 Å². The van der Waals surface area contributed by atoms with Crippen molar-refractivity contribution in [2.24, 2.45) is 0 Å². The van der Waals surface area contributed by atoms with Crippen molar-refractivity contribution in [1.82, 2.24) is 10.3 Å². The van der Waals surface area contributed by atoms with Crippen LogP contribution in [0.2, 0.25) is 0 Å². The predicted molar refractivity (Wildman–Crippen MR) is 119 cm³/mol. The van der Waals surface area contributed by atoms with Gasteiger partial charge in [0.05, 0.1) is 11.1 Å². The molecule has 0 aliphatic carbocycles. The first kappa shape index (κ1) is 21.3. The summed E-state index contributed by atoms with van der Waals surface area (Å²) < 4.78 is 13.1. The van der Waals surface area contributed by atoms with Crippen LogP contribution in [0.3, 0.4) is 0 Å². The predicted octanol–water partition coefficient (Wildman–Crippen LogP) is 6.02. The Morgan fingerprint density at radius 1 is 1.14 bits per heavy atom. The molecule has 1 amide bonds. The first-order valence-corrected chi connectivity index (χ1v) is 10.8. The van der Waals surface area contributed by atoms with E-state index in [1.54, 1.807) is 23.9 Å². The maximum absolute atomic E-state index is 13.1. The number of halogens is 1. The third-order valence-corrected chi connectivity index (χ3v) is 5.81. The molecule has 3 aromatic rings. The number of thioether (sulfide) groups is 1. The Kier molecular flexibility index (Phi) is 6.27. The molecule has 0 bridgehead atoms. The zero-order chi connectivity index (χ0) is 21.2. The van der Waals surface area contributed by atoms with E-state index in [0.29, 0.717) is 12.1 Å². The molecule has 2 aromatic carbocycles. The van der Waals surface area contributed by atoms with Crippen LogP contribution in [-0.4, -0.2) is 16.6 Å². The molecule has 152 valence electrons. The summed E-state index contributed by atoms with van der Waals surface area (Å²) in [6, 6.07) is 12.5. The lowest BCUT2D eigenvalue weighted by Crippen LogP contribution is -2.25. The molecule has 0 aliphatic rings. The number of fused-ring (bicyclic) bond motifs is 1. The fraction of sp³-hybridized carbons (Fsp3) is 0.333. The number of amides is 1. The average molecular weight is 411 g/mol. The number of carbonyl (C=O) groups is 1. The second-order valence-electron chi connectivity index (χ2n) is 8.14. The van der Waals surface area contributed by atoms with Gasteiger partial charge in [0.2, 0.25) is 0 Å². The monoisotopic (exact) mass is 410 g/mol. The van der Waals surface area contributed by atoms with Crippen molar-refractivity contribution in [2.75, 3.05) is 5.75 Å². The Morgan fingerprint density at radius 3 is 2.45 bits per heavy atom. The second-order valence-corrected chi connectivity index (χ2v) is 9.39. The number of aromatic nitrogens is 1. The first-order valence-electron chi connectivity index (χ1n) is 9.81. The number of pyridine rings is 1. The standard InChI is InChI=1S/C24H27FN2OS/c1-6-29-23-21(22(28)26-14-16-7-10-18(25)11-8-16)15(2)19-12-9-17(24(3,4)5)13-20(19)27-23/h7-13H,6,14H2,1-5H3,(H,26,28). The number of hydrogen-bond acceptors (Lipinski definition) is 3. The van der Waals surface area contributed by atoms with Gasteiger partial charge < -0.3 is 5.32 Å². The molecular formula is C24H27FN2OS. The molecule has 0 aliphatic heterocycles. The Hall–Kier alpha value is -2.40. The molecule has 0 saturated heterocycles. The zero-order valence-corrected chi connectivity index (χ0v) is 18.4. The fourth-order valence-electron chi connectivity index (χ4n) is 3.25. The van der Waals surface area contributed by atoms with Gasteiger partial charge in [-0.25, -0.2) is 9.37 Å². The van der Waals surface area contributed by atoms with Crippen LogP contribution in [-0.2, 0) is 12.0 Å². The molecule has 0 radical (unpaired) electrons. The highest BCUT2D eigenvalue weighted by atomic mass is 32.2. The molecule has 5 heteroatoms. The maximum Gasteiger partial charge on any atom is 0.254 e. The lowest BCUT2D eigenvalue weighted by atomic mass is 9.86. The highest BCUT2D eigenvalue weighted by Crippen LogP contribution is 2.32. The second kappa shape index (κ2) is 8.54. The van der Waals surface area contributed by atoms with E-state index in [0.717, 1.165) is 32.8 Å². The van der Waals surface area contributed by atoms with Crippen LogP contribution >= 0.6 is 11.8 Å². The van der Waals surface area contributed by atoms with Gasteiger partial charge in [0.1, 0.15) is 10.8 Å². The molecule has 0 saturated carbocycles. The minimum absolute atomic E-state index is 0.0348. The maximum atomic E-state index is 13.1. The topological polar surface area (TPSA) is 42.0 Å². The van der Waals surface area contributed by atoms with Crippen molar-refractivity contribution in [2.45, 2.75) is 51.6 Å². The van der Waals surface area contributed by atoms with Gasteiger partial charge in [0.15, 0.2) is 0 Å².